The van der Waals surface area contributed by atoms with Gasteiger partial charge in [0.25, 0.3) is 0 Å². The highest BCUT2D eigenvalue weighted by atomic mass is 16.4. The molecule has 2 rings (SSSR count). The first-order valence-electron chi connectivity index (χ1n) is 7.63. The summed E-state index contributed by atoms with van der Waals surface area (Å²) in [4.78, 5) is 23.8. The molecule has 2 N–H and O–H groups in total. The third-order valence-corrected chi connectivity index (χ3v) is 4.40. The van der Waals surface area contributed by atoms with Crippen LogP contribution in [0.4, 0.5) is 0 Å². The van der Waals surface area contributed by atoms with Crippen LogP contribution in [0.3, 0.4) is 0 Å². The number of carboxylic acids is 1. The van der Waals surface area contributed by atoms with E-state index in [1.54, 1.807) is 0 Å². The Hall–Kier alpha value is -1.78. The summed E-state index contributed by atoms with van der Waals surface area (Å²) in [5.74, 6) is -0.984. The monoisotopic (exact) mass is 292 g/mol. The Morgan fingerprint density at radius 3 is 2.48 bits per heavy atom. The van der Waals surface area contributed by atoms with Crippen molar-refractivity contribution in [2.24, 2.45) is 12.5 Å². The Morgan fingerprint density at radius 2 is 1.95 bits per heavy atom. The number of carboxylic acid groups (broad SMARTS) is 1. The maximum absolute atomic E-state index is 12.1. The van der Waals surface area contributed by atoms with Crippen LogP contribution < -0.4 is 5.32 Å². The normalized spacial score (nSPS) is 18.0. The fourth-order valence-electron chi connectivity index (χ4n) is 3.11. The molecule has 1 fully saturated rings. The van der Waals surface area contributed by atoms with Crippen molar-refractivity contribution in [1.29, 1.82) is 0 Å². The molecular formula is C16H24N2O3. The molecule has 116 valence electrons. The zero-order chi connectivity index (χ0) is 15.3. The molecule has 5 nitrogen and oxygen atoms in total. The topological polar surface area (TPSA) is 71.3 Å². The molecule has 0 radical (unpaired) electrons. The van der Waals surface area contributed by atoms with E-state index in [1.807, 2.05) is 30.1 Å². The Balaban J connectivity index is 1.93. The number of amides is 1. The summed E-state index contributed by atoms with van der Waals surface area (Å²) in [6, 6.07) is 1.94. The average molecular weight is 292 g/mol. The molecular weight excluding hydrogens is 268 g/mol. The second-order valence-corrected chi connectivity index (χ2v) is 6.14. The first-order valence-corrected chi connectivity index (χ1v) is 7.63. The highest BCUT2D eigenvalue weighted by Crippen LogP contribution is 2.38. The molecule has 1 aliphatic rings. The van der Waals surface area contributed by atoms with Crippen LogP contribution >= 0.6 is 0 Å². The van der Waals surface area contributed by atoms with Gasteiger partial charge in [-0.1, -0.05) is 25.7 Å². The summed E-state index contributed by atoms with van der Waals surface area (Å²) in [5.41, 5.74) is 0.160. The smallest absolute Gasteiger partial charge is 0.310 e. The Labute approximate surface area is 125 Å². The van der Waals surface area contributed by atoms with Crippen LogP contribution in [0.15, 0.2) is 18.5 Å². The van der Waals surface area contributed by atoms with Gasteiger partial charge < -0.3 is 15.0 Å². The third-order valence-electron chi connectivity index (χ3n) is 4.40. The fourth-order valence-corrected chi connectivity index (χ4v) is 3.11. The standard InChI is InChI=1S/C16H24N2O3/c1-18-9-6-13(12-18)11-17-14(19)10-16(15(20)21)7-4-2-3-5-8-16/h6,9,12H,2-5,7-8,10-11H2,1H3,(H,17,19)(H,20,21). The predicted molar refractivity (Wildman–Crippen MR) is 79.6 cm³/mol. The molecule has 5 heteroatoms. The molecule has 1 aromatic heterocycles. The van der Waals surface area contributed by atoms with Crippen LogP contribution in [0.25, 0.3) is 0 Å². The van der Waals surface area contributed by atoms with E-state index in [0.717, 1.165) is 31.2 Å². The lowest BCUT2D eigenvalue weighted by molar-refractivity contribution is -0.152. The van der Waals surface area contributed by atoms with Crippen LogP contribution in [0, 0.1) is 5.41 Å². The van der Waals surface area contributed by atoms with Crippen molar-refractivity contribution in [3.63, 3.8) is 0 Å². The summed E-state index contributed by atoms with van der Waals surface area (Å²) in [5, 5.41) is 12.4. The molecule has 1 amide bonds. The molecule has 0 aliphatic heterocycles. The van der Waals surface area contributed by atoms with Gasteiger partial charge in [-0.15, -0.1) is 0 Å². The largest absolute Gasteiger partial charge is 0.481 e. The number of nitrogens with zero attached hydrogens (tertiary/aromatic N) is 1. The lowest BCUT2D eigenvalue weighted by Gasteiger charge is -2.27. The zero-order valence-corrected chi connectivity index (χ0v) is 12.6. The van der Waals surface area contributed by atoms with Crippen molar-refractivity contribution in [2.45, 2.75) is 51.5 Å². The first kappa shape index (κ1) is 15.6. The van der Waals surface area contributed by atoms with Crippen molar-refractivity contribution >= 4 is 11.9 Å². The number of hydrogen-bond donors (Lipinski definition) is 2. The number of carbonyl (C=O) groups is 2. The summed E-state index contributed by atoms with van der Waals surface area (Å²) in [7, 11) is 1.93. The van der Waals surface area contributed by atoms with Gasteiger partial charge in [-0.3, -0.25) is 9.59 Å². The lowest BCUT2D eigenvalue weighted by Crippen LogP contribution is -2.37. The van der Waals surface area contributed by atoms with E-state index in [2.05, 4.69) is 5.32 Å². The number of aryl methyl sites for hydroxylation is 1. The van der Waals surface area contributed by atoms with Crippen LogP contribution in [0.5, 0.6) is 0 Å². The molecule has 1 saturated carbocycles. The number of hydrogen-bond acceptors (Lipinski definition) is 2. The summed E-state index contributed by atoms with van der Waals surface area (Å²) >= 11 is 0. The molecule has 0 aromatic carbocycles. The Morgan fingerprint density at radius 1 is 1.29 bits per heavy atom. The summed E-state index contributed by atoms with van der Waals surface area (Å²) < 4.78 is 1.92. The van der Waals surface area contributed by atoms with Crippen molar-refractivity contribution in [1.82, 2.24) is 9.88 Å². The lowest BCUT2D eigenvalue weighted by atomic mass is 9.77. The van der Waals surface area contributed by atoms with Crippen molar-refractivity contribution in [2.75, 3.05) is 0 Å². The fraction of sp³-hybridized carbons (Fsp3) is 0.625. The van der Waals surface area contributed by atoms with Gasteiger partial charge in [-0.05, 0) is 24.5 Å². The second kappa shape index (κ2) is 6.78. The summed E-state index contributed by atoms with van der Waals surface area (Å²) in [6.07, 6.45) is 9.12. The highest BCUT2D eigenvalue weighted by molar-refractivity contribution is 5.85. The molecule has 0 saturated heterocycles. The van der Waals surface area contributed by atoms with E-state index < -0.39 is 11.4 Å². The van der Waals surface area contributed by atoms with Gasteiger partial charge in [0.15, 0.2) is 0 Å². The molecule has 1 aromatic rings. The first-order chi connectivity index (χ1) is 10.0. The quantitative estimate of drug-likeness (QED) is 0.819. The SMILES string of the molecule is Cn1ccc(CNC(=O)CC2(C(=O)O)CCCCCC2)c1. The second-order valence-electron chi connectivity index (χ2n) is 6.14. The van der Waals surface area contributed by atoms with Gasteiger partial charge in [-0.25, -0.2) is 0 Å². The Bertz CT molecular complexity index is 499. The molecule has 0 bridgehead atoms. The zero-order valence-electron chi connectivity index (χ0n) is 12.6. The van der Waals surface area contributed by atoms with E-state index in [-0.39, 0.29) is 12.3 Å². The third kappa shape index (κ3) is 4.09. The van der Waals surface area contributed by atoms with Gasteiger partial charge in [0.05, 0.1) is 5.41 Å². The van der Waals surface area contributed by atoms with Gasteiger partial charge in [0.2, 0.25) is 5.91 Å². The Kier molecular flexibility index (Phi) is 5.04. The van der Waals surface area contributed by atoms with Crippen LogP contribution in [0.2, 0.25) is 0 Å². The van der Waals surface area contributed by atoms with E-state index in [9.17, 15) is 14.7 Å². The van der Waals surface area contributed by atoms with Crippen molar-refractivity contribution < 1.29 is 14.7 Å². The minimum Gasteiger partial charge on any atom is -0.481 e. The van der Waals surface area contributed by atoms with Gasteiger partial charge in [0, 0.05) is 32.4 Å². The number of rotatable bonds is 5. The maximum Gasteiger partial charge on any atom is 0.310 e. The van der Waals surface area contributed by atoms with Crippen molar-refractivity contribution in [3.05, 3.63) is 24.0 Å². The average Bonchev–Trinajstić information content (AvgIpc) is 2.71. The molecule has 0 atom stereocenters. The van der Waals surface area contributed by atoms with Crippen LogP contribution in [-0.4, -0.2) is 21.6 Å². The molecule has 0 spiro atoms. The predicted octanol–water partition coefficient (Wildman–Crippen LogP) is 2.46. The van der Waals surface area contributed by atoms with Crippen LogP contribution in [0.1, 0.15) is 50.5 Å². The molecule has 1 aliphatic carbocycles. The number of carbonyl (C=O) groups excluding carboxylic acids is 1. The molecule has 0 unspecified atom stereocenters. The summed E-state index contributed by atoms with van der Waals surface area (Å²) in [6.45, 7) is 0.454. The maximum atomic E-state index is 12.1. The molecule has 21 heavy (non-hydrogen) atoms. The number of aliphatic carboxylic acids is 1. The minimum absolute atomic E-state index is 0.0924. The van der Waals surface area contributed by atoms with Gasteiger partial charge in [-0.2, -0.15) is 0 Å². The molecule has 1 heterocycles. The van der Waals surface area contributed by atoms with Gasteiger partial charge in [0.1, 0.15) is 0 Å². The van der Waals surface area contributed by atoms with Gasteiger partial charge >= 0.3 is 5.97 Å². The number of nitrogens with one attached hydrogen (secondary N) is 1. The number of aromatic nitrogens is 1. The van der Waals surface area contributed by atoms with Crippen molar-refractivity contribution in [3.8, 4) is 0 Å². The minimum atomic E-state index is -0.864. The van der Waals surface area contributed by atoms with E-state index in [0.29, 0.717) is 19.4 Å². The van der Waals surface area contributed by atoms with E-state index in [1.165, 1.54) is 0 Å². The van der Waals surface area contributed by atoms with E-state index >= 15 is 0 Å². The van der Waals surface area contributed by atoms with E-state index in [4.69, 9.17) is 0 Å². The highest BCUT2D eigenvalue weighted by Gasteiger charge is 2.40. The van der Waals surface area contributed by atoms with Crippen LogP contribution in [-0.2, 0) is 23.2 Å².